The number of carbonyl (C=O) groups is 2. The summed E-state index contributed by atoms with van der Waals surface area (Å²) in [5.41, 5.74) is -2.23. The first-order valence-corrected chi connectivity index (χ1v) is 10.4. The van der Waals surface area contributed by atoms with Crippen LogP contribution in [0.1, 0.15) is 117 Å². The molecule has 0 bridgehead atoms. The zero-order chi connectivity index (χ0) is 19.0. The molecule has 0 saturated carbocycles. The van der Waals surface area contributed by atoms with Crippen molar-refractivity contribution in [3.05, 3.63) is 0 Å². The van der Waals surface area contributed by atoms with E-state index in [2.05, 4.69) is 6.92 Å². The van der Waals surface area contributed by atoms with Crippen molar-refractivity contribution in [2.45, 2.75) is 122 Å². The summed E-state index contributed by atoms with van der Waals surface area (Å²) in [4.78, 5) is 22.4. The molecule has 0 amide bonds. The molecule has 0 saturated heterocycles. The SMILES string of the molecule is CCCCCCCCCCCCCCCCCC(=O)C(C)(O)C(=O)O.[Ca]. The van der Waals surface area contributed by atoms with Gasteiger partial charge in [0.1, 0.15) is 0 Å². The Labute approximate surface area is 190 Å². The molecule has 150 valence electrons. The largest absolute Gasteiger partial charge is 0.479 e. The van der Waals surface area contributed by atoms with Crippen molar-refractivity contribution in [1.82, 2.24) is 0 Å². The van der Waals surface area contributed by atoms with Gasteiger partial charge in [-0.05, 0) is 13.3 Å². The second-order valence-electron chi connectivity index (χ2n) is 7.50. The molecule has 0 aliphatic rings. The van der Waals surface area contributed by atoms with Crippen molar-refractivity contribution < 1.29 is 19.8 Å². The second kappa shape index (κ2) is 18.7. The molecule has 0 spiro atoms. The van der Waals surface area contributed by atoms with Crippen molar-refractivity contribution in [1.29, 1.82) is 0 Å². The molecule has 0 aliphatic carbocycles. The molecule has 2 N–H and O–H groups in total. The number of hydrogen-bond acceptors (Lipinski definition) is 3. The van der Waals surface area contributed by atoms with Gasteiger partial charge in [0, 0.05) is 44.2 Å². The predicted molar refractivity (Wildman–Crippen MR) is 109 cm³/mol. The van der Waals surface area contributed by atoms with Crippen LogP contribution in [0.3, 0.4) is 0 Å². The third-order valence-electron chi connectivity index (χ3n) is 4.97. The van der Waals surface area contributed by atoms with Gasteiger partial charge in [0.15, 0.2) is 5.78 Å². The van der Waals surface area contributed by atoms with Crippen LogP contribution in [-0.4, -0.2) is 65.3 Å². The molecule has 26 heavy (non-hydrogen) atoms. The van der Waals surface area contributed by atoms with E-state index in [9.17, 15) is 14.7 Å². The molecule has 2 radical (unpaired) electrons. The van der Waals surface area contributed by atoms with Crippen LogP contribution in [0, 0.1) is 0 Å². The smallest absolute Gasteiger partial charge is 0.343 e. The van der Waals surface area contributed by atoms with Crippen molar-refractivity contribution in [3.8, 4) is 0 Å². The maximum atomic E-state index is 11.6. The van der Waals surface area contributed by atoms with E-state index in [1.807, 2.05) is 0 Å². The fraction of sp³-hybridized carbons (Fsp3) is 0.905. The van der Waals surface area contributed by atoms with E-state index in [1.54, 1.807) is 0 Å². The van der Waals surface area contributed by atoms with E-state index in [-0.39, 0.29) is 44.2 Å². The Hall–Kier alpha value is 0.360. The first-order chi connectivity index (χ1) is 11.9. The Morgan fingerprint density at radius 1 is 0.692 bits per heavy atom. The van der Waals surface area contributed by atoms with Gasteiger partial charge in [0.2, 0.25) is 5.60 Å². The summed E-state index contributed by atoms with van der Waals surface area (Å²) in [5, 5.41) is 18.3. The van der Waals surface area contributed by atoms with Crippen molar-refractivity contribution in [3.63, 3.8) is 0 Å². The van der Waals surface area contributed by atoms with Crippen LogP contribution in [0.2, 0.25) is 0 Å². The van der Waals surface area contributed by atoms with Gasteiger partial charge in [-0.15, -0.1) is 0 Å². The van der Waals surface area contributed by atoms with Crippen LogP contribution >= 0.6 is 0 Å². The van der Waals surface area contributed by atoms with Crippen LogP contribution in [0.5, 0.6) is 0 Å². The van der Waals surface area contributed by atoms with E-state index >= 15 is 0 Å². The average Bonchev–Trinajstić information content (AvgIpc) is 2.57. The molecule has 0 aromatic heterocycles. The minimum Gasteiger partial charge on any atom is -0.479 e. The van der Waals surface area contributed by atoms with Crippen LogP contribution in [0.4, 0.5) is 0 Å². The fourth-order valence-electron chi connectivity index (χ4n) is 3.02. The number of rotatable bonds is 18. The molecule has 0 aromatic rings. The number of ketones is 1. The maximum absolute atomic E-state index is 11.6. The van der Waals surface area contributed by atoms with Gasteiger partial charge in [-0.1, -0.05) is 96.8 Å². The van der Waals surface area contributed by atoms with E-state index in [1.165, 1.54) is 77.0 Å². The van der Waals surface area contributed by atoms with E-state index in [0.717, 1.165) is 19.8 Å². The molecule has 0 rings (SSSR count). The number of aliphatic carboxylic acids is 1. The topological polar surface area (TPSA) is 74.6 Å². The Kier molecular flexibility index (Phi) is 20.6. The number of carbonyl (C=O) groups excluding carboxylic acids is 1. The molecule has 0 heterocycles. The summed E-state index contributed by atoms with van der Waals surface area (Å²) in [6, 6.07) is 0. The van der Waals surface area contributed by atoms with Gasteiger partial charge >= 0.3 is 5.97 Å². The zero-order valence-corrected chi connectivity index (χ0v) is 19.4. The summed E-state index contributed by atoms with van der Waals surface area (Å²) in [6.07, 6.45) is 18.9. The van der Waals surface area contributed by atoms with Crippen molar-refractivity contribution >= 4 is 49.5 Å². The first-order valence-electron chi connectivity index (χ1n) is 10.4. The quantitative estimate of drug-likeness (QED) is 0.188. The molecule has 0 aromatic carbocycles. The molecular weight excluding hydrogens is 356 g/mol. The van der Waals surface area contributed by atoms with Gasteiger partial charge in [0.05, 0.1) is 0 Å². The van der Waals surface area contributed by atoms with Gasteiger partial charge in [0.25, 0.3) is 0 Å². The summed E-state index contributed by atoms with van der Waals surface area (Å²) in [7, 11) is 0. The number of carboxylic acid groups (broad SMARTS) is 1. The molecule has 0 aliphatic heterocycles. The van der Waals surface area contributed by atoms with E-state index in [4.69, 9.17) is 5.11 Å². The van der Waals surface area contributed by atoms with Crippen molar-refractivity contribution in [2.24, 2.45) is 0 Å². The monoisotopic (exact) mass is 396 g/mol. The predicted octanol–water partition coefficient (Wildman–Crippen LogP) is 5.27. The second-order valence-corrected chi connectivity index (χ2v) is 7.50. The molecule has 5 heteroatoms. The van der Waals surface area contributed by atoms with Crippen LogP contribution < -0.4 is 0 Å². The Bertz CT molecular complexity index is 356. The third kappa shape index (κ3) is 15.4. The molecular formula is C21H40CaO4. The Morgan fingerprint density at radius 3 is 1.31 bits per heavy atom. The number of hydrogen-bond donors (Lipinski definition) is 2. The molecule has 0 fully saturated rings. The number of aliphatic hydroxyl groups is 1. The maximum Gasteiger partial charge on any atom is 0.343 e. The van der Waals surface area contributed by atoms with Gasteiger partial charge in [-0.2, -0.15) is 0 Å². The number of Topliss-reactive ketones (excluding diaryl/α,β-unsaturated/α-hetero) is 1. The zero-order valence-electron chi connectivity index (χ0n) is 17.2. The van der Waals surface area contributed by atoms with Crippen LogP contribution in [-0.2, 0) is 9.59 Å². The van der Waals surface area contributed by atoms with E-state index in [0.29, 0.717) is 6.42 Å². The standard InChI is InChI=1S/C21H40O4.Ca/c1-3-4-5-6-7-8-9-10-11-12-13-14-15-16-17-18-19(22)21(2,25)20(23)24;/h25H,3-18H2,1-2H3,(H,23,24);. The van der Waals surface area contributed by atoms with Crippen LogP contribution in [0.25, 0.3) is 0 Å². The van der Waals surface area contributed by atoms with E-state index < -0.39 is 17.4 Å². The first kappa shape index (κ1) is 28.6. The molecule has 1 atom stereocenters. The van der Waals surface area contributed by atoms with Gasteiger partial charge < -0.3 is 10.2 Å². The summed E-state index contributed by atoms with van der Waals surface area (Å²) < 4.78 is 0. The Balaban J connectivity index is 0. The van der Waals surface area contributed by atoms with Gasteiger partial charge in [-0.3, -0.25) is 4.79 Å². The summed E-state index contributed by atoms with van der Waals surface area (Å²) in [5.74, 6) is -2.05. The number of unbranched alkanes of at least 4 members (excludes halogenated alkanes) is 14. The average molecular weight is 397 g/mol. The number of carboxylic acids is 1. The fourth-order valence-corrected chi connectivity index (χ4v) is 3.02. The minimum atomic E-state index is -2.23. The van der Waals surface area contributed by atoms with Crippen LogP contribution in [0.15, 0.2) is 0 Å². The summed E-state index contributed by atoms with van der Waals surface area (Å²) in [6.45, 7) is 3.31. The van der Waals surface area contributed by atoms with Gasteiger partial charge in [-0.25, -0.2) is 4.79 Å². The van der Waals surface area contributed by atoms with Crippen molar-refractivity contribution in [2.75, 3.05) is 0 Å². The summed E-state index contributed by atoms with van der Waals surface area (Å²) >= 11 is 0. The minimum absolute atomic E-state index is 0. The Morgan fingerprint density at radius 2 is 1.00 bits per heavy atom. The normalized spacial score (nSPS) is 13.0. The molecule has 4 nitrogen and oxygen atoms in total. The third-order valence-corrected chi connectivity index (χ3v) is 4.97. The molecule has 1 unspecified atom stereocenters.